The van der Waals surface area contributed by atoms with Gasteiger partial charge in [0.15, 0.2) is 0 Å². The van der Waals surface area contributed by atoms with Gasteiger partial charge in [0, 0.05) is 5.70 Å². The highest BCUT2D eigenvalue weighted by Gasteiger charge is 2.35. The van der Waals surface area contributed by atoms with Crippen LogP contribution in [0.4, 0.5) is 0 Å². The summed E-state index contributed by atoms with van der Waals surface area (Å²) in [5.41, 5.74) is 0.788. The van der Waals surface area contributed by atoms with Crippen molar-refractivity contribution < 1.29 is 14.7 Å². The highest BCUT2D eigenvalue weighted by atomic mass is 16.4. The Balaban J connectivity index is 2.44. The number of hydrogen-bond donors (Lipinski definition) is 1. The largest absolute Gasteiger partial charge is 0.480 e. The minimum Gasteiger partial charge on any atom is -0.480 e. The molecule has 0 radical (unpaired) electrons. The van der Waals surface area contributed by atoms with Crippen LogP contribution in [0.2, 0.25) is 0 Å². The number of carboxylic acids is 1. The molecule has 0 saturated heterocycles. The molecule has 1 amide bonds. The van der Waals surface area contributed by atoms with Crippen LogP contribution in [0.5, 0.6) is 0 Å². The molecule has 0 aliphatic carbocycles. The molecule has 2 aliphatic heterocycles. The van der Waals surface area contributed by atoms with Crippen LogP contribution in [-0.2, 0) is 9.59 Å². The molecule has 0 fully saturated rings. The Morgan fingerprint density at radius 1 is 1.67 bits per heavy atom. The number of carboxylic acid groups (broad SMARTS) is 1. The first kappa shape index (κ1) is 9.64. The molecule has 0 aromatic heterocycles. The predicted molar refractivity (Wildman–Crippen MR) is 53.2 cm³/mol. The maximum atomic E-state index is 11.2. The summed E-state index contributed by atoms with van der Waals surface area (Å²) >= 11 is 0. The second-order valence-corrected chi connectivity index (χ2v) is 3.46. The number of fused-ring (bicyclic) bond motifs is 1. The van der Waals surface area contributed by atoms with Crippen molar-refractivity contribution in [1.29, 1.82) is 0 Å². The van der Waals surface area contributed by atoms with Crippen molar-refractivity contribution in [1.82, 2.24) is 4.90 Å². The zero-order valence-corrected chi connectivity index (χ0v) is 8.17. The molecular weight excluding hydrogens is 196 g/mol. The molecular formula is C10H10N2O3. The summed E-state index contributed by atoms with van der Waals surface area (Å²) in [6, 6.07) is -0.828. The molecule has 0 spiro atoms. The van der Waals surface area contributed by atoms with Gasteiger partial charge in [0.25, 0.3) is 0 Å². The topological polar surface area (TPSA) is 70.0 Å². The van der Waals surface area contributed by atoms with Gasteiger partial charge in [-0.25, -0.2) is 4.79 Å². The van der Waals surface area contributed by atoms with E-state index in [-0.39, 0.29) is 12.3 Å². The molecule has 0 saturated carbocycles. The standard InChI is InChI=1S/C10H10N2O3/c1-6-3-2-4-8-11-9(13)5-7(10(14)15)12(6)8/h2-4,7H,5H2,1H3,(H,14,15). The Kier molecular flexibility index (Phi) is 2.15. The molecule has 0 bridgehead atoms. The summed E-state index contributed by atoms with van der Waals surface area (Å²) in [4.78, 5) is 27.6. The van der Waals surface area contributed by atoms with E-state index in [1.165, 1.54) is 0 Å². The smallest absolute Gasteiger partial charge is 0.327 e. The van der Waals surface area contributed by atoms with Gasteiger partial charge in [-0.2, -0.15) is 4.99 Å². The van der Waals surface area contributed by atoms with E-state index in [0.717, 1.165) is 5.70 Å². The lowest BCUT2D eigenvalue weighted by Gasteiger charge is -2.34. The van der Waals surface area contributed by atoms with E-state index in [1.807, 2.05) is 0 Å². The van der Waals surface area contributed by atoms with Gasteiger partial charge in [0.1, 0.15) is 11.9 Å². The van der Waals surface area contributed by atoms with Gasteiger partial charge in [-0.15, -0.1) is 0 Å². The third kappa shape index (κ3) is 1.56. The lowest BCUT2D eigenvalue weighted by atomic mass is 10.1. The maximum absolute atomic E-state index is 11.2. The minimum absolute atomic E-state index is 0.0716. The minimum atomic E-state index is -1.00. The molecule has 0 aromatic carbocycles. The number of amides is 1. The Bertz CT molecular complexity index is 420. The van der Waals surface area contributed by atoms with Crippen molar-refractivity contribution in [2.45, 2.75) is 19.4 Å². The van der Waals surface area contributed by atoms with Crippen LogP contribution in [0.1, 0.15) is 13.3 Å². The van der Waals surface area contributed by atoms with Crippen LogP contribution < -0.4 is 0 Å². The summed E-state index contributed by atoms with van der Waals surface area (Å²) < 4.78 is 0. The molecule has 5 nitrogen and oxygen atoms in total. The number of aliphatic imine (C=N–C) groups is 1. The van der Waals surface area contributed by atoms with Gasteiger partial charge in [0.05, 0.1) is 6.42 Å². The number of allylic oxidation sites excluding steroid dienone is 3. The van der Waals surface area contributed by atoms with Gasteiger partial charge >= 0.3 is 5.97 Å². The number of amidine groups is 1. The first-order chi connectivity index (χ1) is 7.09. The van der Waals surface area contributed by atoms with Crippen LogP contribution in [0.3, 0.4) is 0 Å². The number of carbonyl (C=O) groups is 2. The number of rotatable bonds is 1. The lowest BCUT2D eigenvalue weighted by molar-refractivity contribution is -0.143. The predicted octanol–water partition coefficient (Wildman–Crippen LogP) is 0.544. The average molecular weight is 206 g/mol. The summed E-state index contributed by atoms with van der Waals surface area (Å²) in [5, 5.41) is 9.01. The SMILES string of the molecule is CC1=CC=CC2=NC(=O)CC(C(=O)O)N12. The highest BCUT2D eigenvalue weighted by Crippen LogP contribution is 2.22. The second kappa shape index (κ2) is 3.34. The average Bonchev–Trinajstić information content (AvgIpc) is 2.16. The molecule has 0 aromatic rings. The zero-order chi connectivity index (χ0) is 11.0. The third-order valence-corrected chi connectivity index (χ3v) is 2.41. The molecule has 2 aliphatic rings. The lowest BCUT2D eigenvalue weighted by Crippen LogP contribution is -2.48. The number of aliphatic carboxylic acids is 1. The Morgan fingerprint density at radius 3 is 3.07 bits per heavy atom. The molecule has 1 atom stereocenters. The van der Waals surface area contributed by atoms with Gasteiger partial charge in [0.2, 0.25) is 5.91 Å². The number of carbonyl (C=O) groups excluding carboxylic acids is 1. The van der Waals surface area contributed by atoms with Gasteiger partial charge in [-0.1, -0.05) is 6.08 Å². The highest BCUT2D eigenvalue weighted by molar-refractivity contribution is 6.07. The fourth-order valence-corrected chi connectivity index (χ4v) is 1.74. The summed E-state index contributed by atoms with van der Waals surface area (Å²) in [5.74, 6) is -0.967. The van der Waals surface area contributed by atoms with Crippen molar-refractivity contribution in [2.24, 2.45) is 4.99 Å². The van der Waals surface area contributed by atoms with E-state index >= 15 is 0 Å². The molecule has 1 unspecified atom stereocenters. The third-order valence-electron chi connectivity index (χ3n) is 2.41. The zero-order valence-electron chi connectivity index (χ0n) is 8.17. The monoisotopic (exact) mass is 206 g/mol. The van der Waals surface area contributed by atoms with Crippen molar-refractivity contribution in [3.05, 3.63) is 23.9 Å². The van der Waals surface area contributed by atoms with Crippen molar-refractivity contribution in [3.63, 3.8) is 0 Å². The van der Waals surface area contributed by atoms with Crippen molar-refractivity contribution in [2.75, 3.05) is 0 Å². The van der Waals surface area contributed by atoms with Crippen LogP contribution >= 0.6 is 0 Å². The van der Waals surface area contributed by atoms with E-state index in [9.17, 15) is 9.59 Å². The van der Waals surface area contributed by atoms with Crippen LogP contribution in [0, 0.1) is 0 Å². The van der Waals surface area contributed by atoms with E-state index in [1.54, 1.807) is 30.1 Å². The summed E-state index contributed by atoms with van der Waals surface area (Å²) in [6.45, 7) is 1.80. The molecule has 78 valence electrons. The van der Waals surface area contributed by atoms with Crippen LogP contribution in [-0.4, -0.2) is 33.8 Å². The molecule has 1 N–H and O–H groups in total. The Morgan fingerprint density at radius 2 is 2.40 bits per heavy atom. The van der Waals surface area contributed by atoms with Crippen molar-refractivity contribution >= 4 is 17.7 Å². The van der Waals surface area contributed by atoms with E-state index in [2.05, 4.69) is 4.99 Å². The Labute approximate surface area is 86.4 Å². The molecule has 5 heteroatoms. The second-order valence-electron chi connectivity index (χ2n) is 3.46. The molecule has 15 heavy (non-hydrogen) atoms. The molecule has 2 rings (SSSR count). The first-order valence-electron chi connectivity index (χ1n) is 4.58. The van der Waals surface area contributed by atoms with Gasteiger partial charge < -0.3 is 10.0 Å². The first-order valence-corrected chi connectivity index (χ1v) is 4.58. The van der Waals surface area contributed by atoms with Crippen LogP contribution in [0.25, 0.3) is 0 Å². The Hall–Kier alpha value is -1.91. The maximum Gasteiger partial charge on any atom is 0.327 e. The number of hydrogen-bond acceptors (Lipinski definition) is 3. The summed E-state index contributed by atoms with van der Waals surface area (Å²) in [6.07, 6.45) is 5.12. The quantitative estimate of drug-likeness (QED) is 0.680. The number of nitrogens with zero attached hydrogens (tertiary/aromatic N) is 2. The fourth-order valence-electron chi connectivity index (χ4n) is 1.74. The fraction of sp³-hybridized carbons (Fsp3) is 0.300. The van der Waals surface area contributed by atoms with Gasteiger partial charge in [-0.3, -0.25) is 4.79 Å². The molecule has 2 heterocycles. The van der Waals surface area contributed by atoms with E-state index in [0.29, 0.717) is 5.84 Å². The van der Waals surface area contributed by atoms with Crippen LogP contribution in [0.15, 0.2) is 28.9 Å². The van der Waals surface area contributed by atoms with Crippen molar-refractivity contribution in [3.8, 4) is 0 Å². The van der Waals surface area contributed by atoms with Gasteiger partial charge in [-0.05, 0) is 19.1 Å². The normalized spacial score (nSPS) is 24.5. The summed E-state index contributed by atoms with van der Waals surface area (Å²) in [7, 11) is 0. The van der Waals surface area contributed by atoms with E-state index in [4.69, 9.17) is 5.11 Å². The van der Waals surface area contributed by atoms with E-state index < -0.39 is 12.0 Å².